The SMILES string of the molecule is CC1CCCC(NC(=O)C(C)N2CCOC(c3ccc(F)cc3)C2)C1C. The van der Waals surface area contributed by atoms with Crippen LogP contribution in [0.15, 0.2) is 24.3 Å². The van der Waals surface area contributed by atoms with Crippen molar-refractivity contribution < 1.29 is 13.9 Å². The summed E-state index contributed by atoms with van der Waals surface area (Å²) in [5.41, 5.74) is 0.957. The van der Waals surface area contributed by atoms with Crippen molar-refractivity contribution in [2.24, 2.45) is 11.8 Å². The predicted octanol–water partition coefficient (Wildman–Crippen LogP) is 3.53. The van der Waals surface area contributed by atoms with E-state index in [1.165, 1.54) is 25.0 Å². The van der Waals surface area contributed by atoms with Crippen LogP contribution in [0.25, 0.3) is 0 Å². The molecule has 0 bridgehead atoms. The second-order valence-electron chi connectivity index (χ2n) is 7.96. The Morgan fingerprint density at radius 3 is 2.73 bits per heavy atom. The third kappa shape index (κ3) is 4.44. The van der Waals surface area contributed by atoms with Crippen LogP contribution in [-0.4, -0.2) is 42.6 Å². The number of hydrogen-bond donors (Lipinski definition) is 1. The third-order valence-corrected chi connectivity index (χ3v) is 6.30. The van der Waals surface area contributed by atoms with Gasteiger partial charge in [-0.1, -0.05) is 38.8 Å². The molecule has 1 heterocycles. The van der Waals surface area contributed by atoms with Crippen molar-refractivity contribution in [1.29, 1.82) is 0 Å². The van der Waals surface area contributed by atoms with Gasteiger partial charge in [0.05, 0.1) is 18.8 Å². The fraction of sp³-hybridized carbons (Fsp3) is 0.667. The number of amides is 1. The third-order valence-electron chi connectivity index (χ3n) is 6.30. The number of nitrogens with zero attached hydrogens (tertiary/aromatic N) is 1. The molecule has 1 saturated heterocycles. The number of ether oxygens (including phenoxy) is 1. The molecule has 2 aliphatic rings. The molecule has 1 aromatic carbocycles. The molecule has 2 fully saturated rings. The smallest absolute Gasteiger partial charge is 0.237 e. The van der Waals surface area contributed by atoms with Crippen molar-refractivity contribution in [3.8, 4) is 0 Å². The van der Waals surface area contributed by atoms with Gasteiger partial charge >= 0.3 is 0 Å². The van der Waals surface area contributed by atoms with Gasteiger partial charge in [-0.05, 0) is 42.9 Å². The maximum absolute atomic E-state index is 13.1. The summed E-state index contributed by atoms with van der Waals surface area (Å²) in [6.07, 6.45) is 3.40. The maximum atomic E-state index is 13.1. The fourth-order valence-corrected chi connectivity index (χ4v) is 4.15. The maximum Gasteiger partial charge on any atom is 0.237 e. The Morgan fingerprint density at radius 1 is 1.27 bits per heavy atom. The Bertz CT molecular complexity index is 607. The molecule has 1 aliphatic carbocycles. The highest BCUT2D eigenvalue weighted by Crippen LogP contribution is 2.30. The molecule has 26 heavy (non-hydrogen) atoms. The Hall–Kier alpha value is -1.46. The molecular weight excluding hydrogens is 331 g/mol. The summed E-state index contributed by atoms with van der Waals surface area (Å²) < 4.78 is 19.0. The van der Waals surface area contributed by atoms with Crippen LogP contribution >= 0.6 is 0 Å². The molecule has 0 spiro atoms. The number of halogens is 1. The molecule has 0 radical (unpaired) electrons. The normalized spacial score (nSPS) is 31.4. The molecule has 4 nitrogen and oxygen atoms in total. The van der Waals surface area contributed by atoms with Crippen molar-refractivity contribution in [3.63, 3.8) is 0 Å². The van der Waals surface area contributed by atoms with Gasteiger partial charge < -0.3 is 10.1 Å². The number of rotatable bonds is 4. The van der Waals surface area contributed by atoms with E-state index in [-0.39, 0.29) is 29.9 Å². The number of hydrogen-bond acceptors (Lipinski definition) is 3. The summed E-state index contributed by atoms with van der Waals surface area (Å²) >= 11 is 0. The summed E-state index contributed by atoms with van der Waals surface area (Å²) in [5.74, 6) is 1.05. The molecule has 1 aliphatic heterocycles. The van der Waals surface area contributed by atoms with Crippen molar-refractivity contribution in [2.75, 3.05) is 19.7 Å². The van der Waals surface area contributed by atoms with Crippen LogP contribution in [0.1, 0.15) is 51.7 Å². The van der Waals surface area contributed by atoms with Gasteiger partial charge in [-0.15, -0.1) is 0 Å². The molecular formula is C21H31FN2O2. The molecule has 1 saturated carbocycles. The average molecular weight is 362 g/mol. The zero-order valence-corrected chi connectivity index (χ0v) is 16.1. The van der Waals surface area contributed by atoms with Gasteiger partial charge in [0.2, 0.25) is 5.91 Å². The monoisotopic (exact) mass is 362 g/mol. The minimum Gasteiger partial charge on any atom is -0.371 e. The lowest BCUT2D eigenvalue weighted by atomic mass is 9.78. The molecule has 3 rings (SSSR count). The van der Waals surface area contributed by atoms with Crippen LogP contribution < -0.4 is 5.32 Å². The summed E-state index contributed by atoms with van der Waals surface area (Å²) in [6.45, 7) is 8.47. The van der Waals surface area contributed by atoms with Gasteiger partial charge in [0.25, 0.3) is 0 Å². The Balaban J connectivity index is 1.58. The van der Waals surface area contributed by atoms with Gasteiger partial charge in [-0.2, -0.15) is 0 Å². The van der Waals surface area contributed by atoms with Crippen LogP contribution in [-0.2, 0) is 9.53 Å². The summed E-state index contributed by atoms with van der Waals surface area (Å²) in [4.78, 5) is 15.0. The summed E-state index contributed by atoms with van der Waals surface area (Å²) in [5, 5.41) is 3.29. The first kappa shape index (κ1) is 19.3. The average Bonchev–Trinajstić information content (AvgIpc) is 2.65. The standard InChI is InChI=1S/C21H31FN2O2/c1-14-5-4-6-19(15(14)2)23-21(25)16(3)24-11-12-26-20(13-24)17-7-9-18(22)10-8-17/h7-10,14-16,19-20H,4-6,11-13H2,1-3H3,(H,23,25). The van der Waals surface area contributed by atoms with Crippen LogP contribution in [0.4, 0.5) is 4.39 Å². The number of nitrogens with one attached hydrogen (secondary N) is 1. The highest BCUT2D eigenvalue weighted by atomic mass is 19.1. The van der Waals surface area contributed by atoms with Crippen LogP contribution in [0.5, 0.6) is 0 Å². The van der Waals surface area contributed by atoms with Crippen molar-refractivity contribution >= 4 is 5.91 Å². The molecule has 144 valence electrons. The second-order valence-corrected chi connectivity index (χ2v) is 7.96. The van der Waals surface area contributed by atoms with E-state index >= 15 is 0 Å². The van der Waals surface area contributed by atoms with E-state index in [9.17, 15) is 9.18 Å². The van der Waals surface area contributed by atoms with Crippen LogP contribution in [0, 0.1) is 17.7 Å². The minimum atomic E-state index is -0.245. The van der Waals surface area contributed by atoms with E-state index in [4.69, 9.17) is 4.74 Å². The lowest BCUT2D eigenvalue weighted by Crippen LogP contribution is -2.54. The number of carbonyl (C=O) groups is 1. The molecule has 5 unspecified atom stereocenters. The lowest BCUT2D eigenvalue weighted by molar-refractivity contribution is -0.130. The Labute approximate surface area is 156 Å². The van der Waals surface area contributed by atoms with Crippen molar-refractivity contribution in [1.82, 2.24) is 10.2 Å². The van der Waals surface area contributed by atoms with E-state index in [1.807, 2.05) is 6.92 Å². The molecule has 0 aromatic heterocycles. The van der Waals surface area contributed by atoms with E-state index in [0.29, 0.717) is 25.0 Å². The highest BCUT2D eigenvalue weighted by molar-refractivity contribution is 5.81. The van der Waals surface area contributed by atoms with Gasteiger partial charge in [0.15, 0.2) is 0 Å². The van der Waals surface area contributed by atoms with Crippen molar-refractivity contribution in [2.45, 2.75) is 58.2 Å². The zero-order chi connectivity index (χ0) is 18.7. The van der Waals surface area contributed by atoms with Crippen LogP contribution in [0.3, 0.4) is 0 Å². The Kier molecular flexibility index (Phi) is 6.30. The molecule has 5 atom stereocenters. The molecule has 1 N–H and O–H groups in total. The van der Waals surface area contributed by atoms with Gasteiger partial charge in [0, 0.05) is 19.1 Å². The number of carbonyl (C=O) groups excluding carboxylic acids is 1. The molecule has 1 aromatic rings. The molecule has 5 heteroatoms. The fourth-order valence-electron chi connectivity index (χ4n) is 4.15. The number of benzene rings is 1. The van der Waals surface area contributed by atoms with Crippen LogP contribution in [0.2, 0.25) is 0 Å². The van der Waals surface area contributed by atoms with Gasteiger partial charge in [-0.3, -0.25) is 9.69 Å². The quantitative estimate of drug-likeness (QED) is 0.891. The van der Waals surface area contributed by atoms with E-state index in [2.05, 4.69) is 24.1 Å². The first-order chi connectivity index (χ1) is 12.5. The first-order valence-electron chi connectivity index (χ1n) is 9.87. The lowest BCUT2D eigenvalue weighted by Gasteiger charge is -2.39. The predicted molar refractivity (Wildman–Crippen MR) is 100 cm³/mol. The number of morpholine rings is 1. The first-order valence-corrected chi connectivity index (χ1v) is 9.87. The van der Waals surface area contributed by atoms with Gasteiger partial charge in [0.1, 0.15) is 5.82 Å². The summed E-state index contributed by atoms with van der Waals surface area (Å²) in [7, 11) is 0. The minimum absolute atomic E-state index is 0.107. The second kappa shape index (κ2) is 8.49. The van der Waals surface area contributed by atoms with Gasteiger partial charge in [-0.25, -0.2) is 4.39 Å². The van der Waals surface area contributed by atoms with E-state index in [0.717, 1.165) is 18.5 Å². The highest BCUT2D eigenvalue weighted by Gasteiger charge is 2.32. The van der Waals surface area contributed by atoms with Crippen molar-refractivity contribution in [3.05, 3.63) is 35.6 Å². The van der Waals surface area contributed by atoms with E-state index in [1.54, 1.807) is 12.1 Å². The largest absolute Gasteiger partial charge is 0.371 e. The topological polar surface area (TPSA) is 41.6 Å². The summed E-state index contributed by atoms with van der Waals surface area (Å²) in [6, 6.07) is 6.53. The van der Waals surface area contributed by atoms with E-state index < -0.39 is 0 Å². The zero-order valence-electron chi connectivity index (χ0n) is 16.1. The molecule has 1 amide bonds. The Morgan fingerprint density at radius 2 is 2.00 bits per heavy atom.